The Balaban J connectivity index is 2.17. The number of nitrogens with zero attached hydrogens (tertiary/aromatic N) is 1. The van der Waals surface area contributed by atoms with Crippen LogP contribution in [0.5, 0.6) is 0 Å². The largest absolute Gasteiger partial charge is 0.479 e. The maximum absolute atomic E-state index is 12.2. The lowest BCUT2D eigenvalue weighted by molar-refractivity contribution is -0.144. The molecular weight excluding hydrogens is 260 g/mol. The van der Waals surface area contributed by atoms with Crippen LogP contribution in [0, 0.1) is 11.3 Å². The number of benzene rings is 1. The van der Waals surface area contributed by atoms with E-state index in [-0.39, 0.29) is 19.4 Å². The predicted molar refractivity (Wildman–Crippen MR) is 69.0 cm³/mol. The Labute approximate surface area is 116 Å². The molecule has 0 aliphatic carbocycles. The molecule has 2 N–H and O–H groups in total. The van der Waals surface area contributed by atoms with Crippen molar-refractivity contribution < 1.29 is 19.4 Å². The average molecular weight is 274 g/mol. The first-order chi connectivity index (χ1) is 9.57. The molecule has 1 atom stereocenters. The maximum Gasteiger partial charge on any atom is 0.331 e. The van der Waals surface area contributed by atoms with Gasteiger partial charge in [-0.15, -0.1) is 0 Å². The van der Waals surface area contributed by atoms with E-state index >= 15 is 0 Å². The summed E-state index contributed by atoms with van der Waals surface area (Å²) >= 11 is 0. The lowest BCUT2D eigenvalue weighted by atomic mass is 9.98. The molecule has 104 valence electrons. The summed E-state index contributed by atoms with van der Waals surface area (Å²) in [5, 5.41) is 20.4. The third kappa shape index (κ3) is 2.78. The Morgan fingerprint density at radius 1 is 1.50 bits per heavy atom. The van der Waals surface area contributed by atoms with E-state index in [4.69, 9.17) is 10.00 Å². The third-order valence-corrected chi connectivity index (χ3v) is 3.26. The fourth-order valence-electron chi connectivity index (χ4n) is 2.09. The first-order valence-electron chi connectivity index (χ1n) is 6.17. The minimum absolute atomic E-state index is 0.0358. The molecule has 1 heterocycles. The third-order valence-electron chi connectivity index (χ3n) is 3.26. The van der Waals surface area contributed by atoms with E-state index in [0.717, 1.165) is 0 Å². The van der Waals surface area contributed by atoms with Gasteiger partial charge in [-0.2, -0.15) is 5.26 Å². The van der Waals surface area contributed by atoms with Crippen molar-refractivity contribution in [3.63, 3.8) is 0 Å². The van der Waals surface area contributed by atoms with Crippen LogP contribution in [0.3, 0.4) is 0 Å². The van der Waals surface area contributed by atoms with Crippen LogP contribution in [0.4, 0.5) is 0 Å². The number of rotatable bonds is 4. The summed E-state index contributed by atoms with van der Waals surface area (Å²) < 4.78 is 5.08. The lowest BCUT2D eigenvalue weighted by Crippen LogP contribution is -2.55. The summed E-state index contributed by atoms with van der Waals surface area (Å²) in [6.45, 7) is 0.271. The summed E-state index contributed by atoms with van der Waals surface area (Å²) in [4.78, 5) is 23.5. The number of amides is 1. The molecule has 0 radical (unpaired) electrons. The molecule has 1 aliphatic heterocycles. The van der Waals surface area contributed by atoms with Gasteiger partial charge >= 0.3 is 5.97 Å². The van der Waals surface area contributed by atoms with E-state index in [2.05, 4.69) is 5.32 Å². The van der Waals surface area contributed by atoms with E-state index in [1.54, 1.807) is 24.3 Å². The van der Waals surface area contributed by atoms with Crippen LogP contribution in [0.2, 0.25) is 0 Å². The summed E-state index contributed by atoms with van der Waals surface area (Å²) in [5.41, 5.74) is -0.306. The van der Waals surface area contributed by atoms with Gasteiger partial charge in [-0.05, 0) is 17.7 Å². The molecule has 2 rings (SSSR count). The van der Waals surface area contributed by atoms with Gasteiger partial charge in [0.05, 0.1) is 19.1 Å². The van der Waals surface area contributed by atoms with Crippen molar-refractivity contribution in [3.05, 3.63) is 35.4 Å². The highest BCUT2D eigenvalue weighted by atomic mass is 16.5. The highest BCUT2D eigenvalue weighted by Gasteiger charge is 2.44. The molecule has 6 nitrogen and oxygen atoms in total. The van der Waals surface area contributed by atoms with Crippen LogP contribution in [-0.4, -0.2) is 35.7 Å². The minimum atomic E-state index is -1.36. The van der Waals surface area contributed by atoms with Crippen molar-refractivity contribution in [1.29, 1.82) is 5.26 Å². The second-order valence-corrected chi connectivity index (χ2v) is 4.68. The van der Waals surface area contributed by atoms with E-state index in [9.17, 15) is 14.7 Å². The van der Waals surface area contributed by atoms with E-state index < -0.39 is 17.4 Å². The SMILES string of the molecule is N#CCc1cccc(C(=O)NC2(C(=O)O)CCOC2)c1. The molecule has 1 amide bonds. The lowest BCUT2D eigenvalue weighted by Gasteiger charge is -2.23. The van der Waals surface area contributed by atoms with Crippen molar-refractivity contribution in [2.45, 2.75) is 18.4 Å². The molecule has 0 saturated carbocycles. The summed E-state index contributed by atoms with van der Waals surface area (Å²) in [5.74, 6) is -1.57. The summed E-state index contributed by atoms with van der Waals surface area (Å²) in [7, 11) is 0. The molecule has 6 heteroatoms. The van der Waals surface area contributed by atoms with Gasteiger partial charge in [0.1, 0.15) is 0 Å². The summed E-state index contributed by atoms with van der Waals surface area (Å²) in [6, 6.07) is 8.58. The standard InChI is InChI=1S/C14H14N2O4/c15-6-4-10-2-1-3-11(8-10)12(17)16-14(13(18)19)5-7-20-9-14/h1-3,8H,4-5,7,9H2,(H,16,17)(H,18,19). The molecule has 1 aromatic carbocycles. The van der Waals surface area contributed by atoms with Gasteiger partial charge in [0.15, 0.2) is 5.54 Å². The van der Waals surface area contributed by atoms with Crippen LogP contribution < -0.4 is 5.32 Å². The zero-order valence-electron chi connectivity index (χ0n) is 10.8. The maximum atomic E-state index is 12.2. The molecular formula is C14H14N2O4. The van der Waals surface area contributed by atoms with Crippen molar-refractivity contribution in [2.24, 2.45) is 0 Å². The normalized spacial score (nSPS) is 21.1. The minimum Gasteiger partial charge on any atom is -0.479 e. The number of ether oxygens (including phenoxy) is 1. The monoisotopic (exact) mass is 274 g/mol. The van der Waals surface area contributed by atoms with E-state index in [1.165, 1.54) is 0 Å². The van der Waals surface area contributed by atoms with E-state index in [0.29, 0.717) is 17.7 Å². The van der Waals surface area contributed by atoms with Gasteiger partial charge in [-0.1, -0.05) is 12.1 Å². The first-order valence-corrected chi connectivity index (χ1v) is 6.17. The van der Waals surface area contributed by atoms with Gasteiger partial charge in [0.25, 0.3) is 5.91 Å². The smallest absolute Gasteiger partial charge is 0.331 e. The average Bonchev–Trinajstić information content (AvgIpc) is 2.89. The molecule has 1 fully saturated rings. The van der Waals surface area contributed by atoms with Crippen LogP contribution in [0.15, 0.2) is 24.3 Å². The van der Waals surface area contributed by atoms with Crippen molar-refractivity contribution in [3.8, 4) is 6.07 Å². The number of nitriles is 1. The zero-order valence-corrected chi connectivity index (χ0v) is 10.8. The second kappa shape index (κ2) is 5.72. The van der Waals surface area contributed by atoms with E-state index in [1.807, 2.05) is 6.07 Å². The van der Waals surface area contributed by atoms with Gasteiger partial charge < -0.3 is 15.2 Å². The summed E-state index contributed by atoms with van der Waals surface area (Å²) in [6.07, 6.45) is 0.445. The molecule has 0 bridgehead atoms. The number of hydrogen-bond donors (Lipinski definition) is 2. The van der Waals surface area contributed by atoms with Crippen molar-refractivity contribution >= 4 is 11.9 Å². The Morgan fingerprint density at radius 3 is 2.90 bits per heavy atom. The zero-order chi connectivity index (χ0) is 14.6. The molecule has 1 saturated heterocycles. The molecule has 0 spiro atoms. The van der Waals surface area contributed by atoms with Crippen molar-refractivity contribution in [1.82, 2.24) is 5.32 Å². The van der Waals surface area contributed by atoms with Crippen molar-refractivity contribution in [2.75, 3.05) is 13.2 Å². The highest BCUT2D eigenvalue weighted by molar-refractivity contribution is 5.98. The molecule has 1 aliphatic rings. The topological polar surface area (TPSA) is 99.4 Å². The number of carboxylic acids is 1. The second-order valence-electron chi connectivity index (χ2n) is 4.68. The van der Waals surface area contributed by atoms with Crippen LogP contribution in [0.25, 0.3) is 0 Å². The van der Waals surface area contributed by atoms with Gasteiger partial charge in [-0.3, -0.25) is 4.79 Å². The number of nitrogens with one attached hydrogen (secondary N) is 1. The molecule has 1 unspecified atom stereocenters. The Morgan fingerprint density at radius 2 is 2.30 bits per heavy atom. The Bertz CT molecular complexity index is 571. The predicted octanol–water partition coefficient (Wildman–Crippen LogP) is 0.726. The van der Waals surface area contributed by atoms with Crippen LogP contribution in [-0.2, 0) is 16.0 Å². The number of hydrogen-bond acceptors (Lipinski definition) is 4. The van der Waals surface area contributed by atoms with Crippen LogP contribution >= 0.6 is 0 Å². The van der Waals surface area contributed by atoms with Gasteiger partial charge in [-0.25, -0.2) is 4.79 Å². The number of carbonyl (C=O) groups is 2. The first kappa shape index (κ1) is 14.0. The molecule has 0 aromatic heterocycles. The van der Waals surface area contributed by atoms with Gasteiger partial charge in [0.2, 0.25) is 0 Å². The molecule has 1 aromatic rings. The number of carbonyl (C=O) groups excluding carboxylic acids is 1. The Kier molecular flexibility index (Phi) is 4.01. The number of carboxylic acid groups (broad SMARTS) is 1. The number of aliphatic carboxylic acids is 1. The Hall–Kier alpha value is -2.39. The fraction of sp³-hybridized carbons (Fsp3) is 0.357. The highest BCUT2D eigenvalue weighted by Crippen LogP contribution is 2.20. The van der Waals surface area contributed by atoms with Crippen LogP contribution in [0.1, 0.15) is 22.3 Å². The fourth-order valence-corrected chi connectivity index (χ4v) is 2.09. The quantitative estimate of drug-likeness (QED) is 0.843. The molecule has 20 heavy (non-hydrogen) atoms. The van der Waals surface area contributed by atoms with Gasteiger partial charge in [0, 0.05) is 18.6 Å².